The van der Waals surface area contributed by atoms with E-state index in [-0.39, 0.29) is 11.6 Å². The summed E-state index contributed by atoms with van der Waals surface area (Å²) < 4.78 is 24.3. The predicted octanol–water partition coefficient (Wildman–Crippen LogP) is 3.05. The molecule has 2 aliphatic heterocycles. The highest BCUT2D eigenvalue weighted by molar-refractivity contribution is 5.94. The molecule has 1 atom stereocenters. The second-order valence-electron chi connectivity index (χ2n) is 6.73. The molecule has 0 bridgehead atoms. The summed E-state index contributed by atoms with van der Waals surface area (Å²) in [7, 11) is 0. The van der Waals surface area contributed by atoms with Crippen molar-refractivity contribution < 1.29 is 18.7 Å². The number of hydrogen-bond acceptors (Lipinski definition) is 5. The normalized spacial score (nSPS) is 19.5. The van der Waals surface area contributed by atoms with Crippen molar-refractivity contribution in [1.82, 2.24) is 9.88 Å². The number of hydrogen-bond donors (Lipinski definition) is 0. The number of ether oxygens (including phenoxy) is 2. The topological polar surface area (TPSA) is 51.7 Å². The van der Waals surface area contributed by atoms with Crippen LogP contribution >= 0.6 is 0 Å². The van der Waals surface area contributed by atoms with Crippen molar-refractivity contribution >= 4 is 5.78 Å². The number of rotatable bonds is 5. The molecule has 4 rings (SSSR count). The van der Waals surface area contributed by atoms with Gasteiger partial charge >= 0.3 is 0 Å². The van der Waals surface area contributed by atoms with Crippen LogP contribution in [0.5, 0.6) is 11.5 Å². The summed E-state index contributed by atoms with van der Waals surface area (Å²) in [5.41, 5.74) is 1.45. The van der Waals surface area contributed by atoms with Crippen molar-refractivity contribution in [2.24, 2.45) is 0 Å². The number of halogens is 1. The molecule has 1 saturated heterocycles. The number of benzene rings is 1. The molecule has 0 amide bonds. The Hall–Kier alpha value is -2.47. The maximum atomic E-state index is 13.4. The standard InChI is InChI=1S/C20H21FN2O3/c21-16-3-1-2-14(10-16)15-4-6-23(13-15)7-5-18(24)17-11-19-20(12-22-17)26-9-8-25-19/h1-3,10-12,15H,4-9,13H2. The van der Waals surface area contributed by atoms with Crippen LogP contribution in [-0.2, 0) is 0 Å². The summed E-state index contributed by atoms with van der Waals surface area (Å²) in [4.78, 5) is 18.9. The van der Waals surface area contributed by atoms with E-state index in [1.165, 1.54) is 6.07 Å². The molecule has 0 saturated carbocycles. The molecule has 136 valence electrons. The minimum atomic E-state index is -0.194. The first-order valence-electron chi connectivity index (χ1n) is 8.96. The number of aromatic nitrogens is 1. The van der Waals surface area contributed by atoms with Gasteiger partial charge in [-0.1, -0.05) is 12.1 Å². The largest absolute Gasteiger partial charge is 0.486 e. The van der Waals surface area contributed by atoms with Crippen molar-refractivity contribution in [3.05, 3.63) is 53.6 Å². The van der Waals surface area contributed by atoms with Crippen molar-refractivity contribution in [2.45, 2.75) is 18.8 Å². The summed E-state index contributed by atoms with van der Waals surface area (Å²) in [6.45, 7) is 3.44. The molecule has 2 aliphatic rings. The number of nitrogens with zero attached hydrogens (tertiary/aromatic N) is 2. The first kappa shape index (κ1) is 17.0. The average molecular weight is 356 g/mol. The Kier molecular flexibility index (Phi) is 4.84. The lowest BCUT2D eigenvalue weighted by atomic mass is 9.98. The van der Waals surface area contributed by atoms with E-state index in [0.717, 1.165) is 25.1 Å². The van der Waals surface area contributed by atoms with E-state index < -0.39 is 0 Å². The monoisotopic (exact) mass is 356 g/mol. The third-order valence-electron chi connectivity index (χ3n) is 4.96. The van der Waals surface area contributed by atoms with Crippen LogP contribution in [0, 0.1) is 5.82 Å². The second kappa shape index (κ2) is 7.41. The van der Waals surface area contributed by atoms with E-state index in [4.69, 9.17) is 9.47 Å². The third kappa shape index (κ3) is 3.70. The molecule has 5 nitrogen and oxygen atoms in total. The molecule has 1 aromatic carbocycles. The van der Waals surface area contributed by atoms with Crippen LogP contribution in [0.1, 0.15) is 34.8 Å². The summed E-state index contributed by atoms with van der Waals surface area (Å²) in [5.74, 6) is 1.30. The summed E-state index contributed by atoms with van der Waals surface area (Å²) >= 11 is 0. The molecule has 6 heteroatoms. The fourth-order valence-electron chi connectivity index (χ4n) is 3.56. The molecule has 0 aliphatic carbocycles. The Labute approximate surface area is 151 Å². The number of pyridine rings is 1. The van der Waals surface area contributed by atoms with Gasteiger partial charge in [-0.3, -0.25) is 4.79 Å². The van der Waals surface area contributed by atoms with Gasteiger partial charge in [0.05, 0.1) is 6.20 Å². The van der Waals surface area contributed by atoms with Crippen LogP contribution in [-0.4, -0.2) is 48.5 Å². The number of carbonyl (C=O) groups excluding carboxylic acids is 1. The molecule has 0 radical (unpaired) electrons. The molecule has 1 unspecified atom stereocenters. The van der Waals surface area contributed by atoms with Crippen molar-refractivity contribution in [3.8, 4) is 11.5 Å². The van der Waals surface area contributed by atoms with Gasteiger partial charge in [0, 0.05) is 25.6 Å². The van der Waals surface area contributed by atoms with E-state index in [2.05, 4.69) is 9.88 Å². The zero-order valence-corrected chi connectivity index (χ0v) is 14.5. The molecular formula is C20H21FN2O3. The van der Waals surface area contributed by atoms with E-state index in [9.17, 15) is 9.18 Å². The van der Waals surface area contributed by atoms with Crippen LogP contribution in [0.4, 0.5) is 4.39 Å². The van der Waals surface area contributed by atoms with Gasteiger partial charge in [-0.15, -0.1) is 0 Å². The quantitative estimate of drug-likeness (QED) is 0.771. The zero-order chi connectivity index (χ0) is 17.9. The van der Waals surface area contributed by atoms with Gasteiger partial charge in [0.1, 0.15) is 24.7 Å². The lowest BCUT2D eigenvalue weighted by Gasteiger charge is -2.18. The molecule has 0 spiro atoms. The van der Waals surface area contributed by atoms with Gasteiger partial charge in [-0.25, -0.2) is 9.37 Å². The van der Waals surface area contributed by atoms with Crippen molar-refractivity contribution in [2.75, 3.05) is 32.8 Å². The number of likely N-dealkylation sites (tertiary alicyclic amines) is 1. The van der Waals surface area contributed by atoms with E-state index in [0.29, 0.717) is 49.3 Å². The van der Waals surface area contributed by atoms with Crippen LogP contribution in [0.15, 0.2) is 36.5 Å². The molecule has 1 fully saturated rings. The van der Waals surface area contributed by atoms with Gasteiger partial charge in [0.15, 0.2) is 17.3 Å². The maximum Gasteiger partial charge on any atom is 0.182 e. The second-order valence-corrected chi connectivity index (χ2v) is 6.73. The third-order valence-corrected chi connectivity index (χ3v) is 4.96. The van der Waals surface area contributed by atoms with Gasteiger partial charge < -0.3 is 14.4 Å². The number of ketones is 1. The maximum absolute atomic E-state index is 13.4. The van der Waals surface area contributed by atoms with Gasteiger partial charge in [0.2, 0.25) is 0 Å². The Balaban J connectivity index is 1.32. The van der Waals surface area contributed by atoms with E-state index >= 15 is 0 Å². The number of fused-ring (bicyclic) bond motifs is 1. The fourth-order valence-corrected chi connectivity index (χ4v) is 3.56. The van der Waals surface area contributed by atoms with Gasteiger partial charge in [-0.2, -0.15) is 0 Å². The summed E-state index contributed by atoms with van der Waals surface area (Å²) in [5, 5.41) is 0. The van der Waals surface area contributed by atoms with Crippen LogP contribution in [0.2, 0.25) is 0 Å². The Morgan fingerprint density at radius 1 is 1.23 bits per heavy atom. The smallest absolute Gasteiger partial charge is 0.182 e. The summed E-state index contributed by atoms with van der Waals surface area (Å²) in [6, 6.07) is 8.47. The summed E-state index contributed by atoms with van der Waals surface area (Å²) in [6.07, 6.45) is 2.94. The minimum absolute atomic E-state index is 0.00354. The Morgan fingerprint density at radius 2 is 2.08 bits per heavy atom. The molecule has 3 heterocycles. The first-order chi connectivity index (χ1) is 12.7. The lowest BCUT2D eigenvalue weighted by molar-refractivity contribution is 0.0962. The minimum Gasteiger partial charge on any atom is -0.486 e. The zero-order valence-electron chi connectivity index (χ0n) is 14.5. The number of carbonyl (C=O) groups is 1. The average Bonchev–Trinajstić information content (AvgIpc) is 3.15. The Morgan fingerprint density at radius 3 is 2.92 bits per heavy atom. The molecule has 1 aromatic heterocycles. The first-order valence-corrected chi connectivity index (χ1v) is 8.96. The van der Waals surface area contributed by atoms with E-state index in [1.54, 1.807) is 24.4 Å². The lowest BCUT2D eigenvalue weighted by Crippen LogP contribution is -2.24. The SMILES string of the molecule is O=C(CCN1CCC(c2cccc(F)c2)C1)c1cc2c(cn1)OCCO2. The van der Waals surface area contributed by atoms with E-state index in [1.807, 2.05) is 6.07 Å². The van der Waals surface area contributed by atoms with Crippen LogP contribution < -0.4 is 9.47 Å². The van der Waals surface area contributed by atoms with Crippen LogP contribution in [0.25, 0.3) is 0 Å². The molecular weight excluding hydrogens is 335 g/mol. The highest BCUT2D eigenvalue weighted by atomic mass is 19.1. The van der Waals surface area contributed by atoms with Gasteiger partial charge in [-0.05, 0) is 36.6 Å². The Bertz CT molecular complexity index is 811. The van der Waals surface area contributed by atoms with Crippen LogP contribution in [0.3, 0.4) is 0 Å². The molecule has 26 heavy (non-hydrogen) atoms. The van der Waals surface area contributed by atoms with Gasteiger partial charge in [0.25, 0.3) is 0 Å². The number of Topliss-reactive ketones (excluding diaryl/α,β-unsaturated/α-hetero) is 1. The van der Waals surface area contributed by atoms with Crippen molar-refractivity contribution in [3.63, 3.8) is 0 Å². The highest BCUT2D eigenvalue weighted by Gasteiger charge is 2.25. The fraction of sp³-hybridized carbons (Fsp3) is 0.400. The highest BCUT2D eigenvalue weighted by Crippen LogP contribution is 2.30. The molecule has 0 N–H and O–H groups in total. The molecule has 2 aromatic rings. The predicted molar refractivity (Wildman–Crippen MR) is 94.4 cm³/mol. The van der Waals surface area contributed by atoms with Crippen molar-refractivity contribution in [1.29, 1.82) is 0 Å².